The highest BCUT2D eigenvalue weighted by Crippen LogP contribution is 2.44. The number of carboxylic acid groups (broad SMARTS) is 1. The van der Waals surface area contributed by atoms with Crippen molar-refractivity contribution in [3.8, 4) is 23.0 Å². The van der Waals surface area contributed by atoms with Crippen molar-refractivity contribution in [1.82, 2.24) is 9.97 Å². The van der Waals surface area contributed by atoms with Crippen LogP contribution in [0.3, 0.4) is 0 Å². The lowest BCUT2D eigenvalue weighted by atomic mass is 9.95. The number of nitrogens with one attached hydrogen (secondary N) is 1. The number of carbonyl (C=O) groups is 5. The molecule has 1 saturated carbocycles. The van der Waals surface area contributed by atoms with Crippen molar-refractivity contribution < 1.29 is 38.6 Å². The quantitative estimate of drug-likeness (QED) is 0.114. The summed E-state index contributed by atoms with van der Waals surface area (Å²) in [6.07, 6.45) is 3.79. The molecule has 1 fully saturated rings. The van der Waals surface area contributed by atoms with Gasteiger partial charge in [0.05, 0.1) is 33.3 Å². The van der Waals surface area contributed by atoms with Gasteiger partial charge in [0.1, 0.15) is 34.7 Å². The van der Waals surface area contributed by atoms with Crippen LogP contribution in [0.1, 0.15) is 106 Å². The summed E-state index contributed by atoms with van der Waals surface area (Å²) in [4.78, 5) is 88.5. The molecule has 12 heteroatoms. The number of carboxylic acids is 1. The van der Waals surface area contributed by atoms with Crippen molar-refractivity contribution in [2.45, 2.75) is 44.4 Å². The van der Waals surface area contributed by atoms with Gasteiger partial charge in [-0.25, -0.2) is 14.7 Å². The van der Waals surface area contributed by atoms with Gasteiger partial charge in [0, 0.05) is 23.3 Å². The Hall–Kier alpha value is -7.21. The number of carbonyl (C=O) groups excluding carboxylic acids is 4. The highest BCUT2D eigenvalue weighted by atomic mass is 16.5. The molecule has 9 rings (SSSR count). The zero-order valence-electron chi connectivity index (χ0n) is 29.8. The van der Waals surface area contributed by atoms with Crippen molar-refractivity contribution in [2.24, 2.45) is 0 Å². The van der Waals surface area contributed by atoms with Crippen LogP contribution in [0.15, 0.2) is 102 Å². The van der Waals surface area contributed by atoms with Crippen molar-refractivity contribution in [3.05, 3.63) is 152 Å². The maximum absolute atomic E-state index is 14.2. The van der Waals surface area contributed by atoms with Crippen LogP contribution in [0.5, 0.6) is 23.0 Å². The van der Waals surface area contributed by atoms with Gasteiger partial charge in [-0.2, -0.15) is 0 Å². The number of Topliss-reactive ketones (excluding diaryl/α,β-unsaturated/α-hetero) is 2. The summed E-state index contributed by atoms with van der Waals surface area (Å²) < 4.78 is 12.3. The molecule has 2 N–H and O–H groups in total. The highest BCUT2D eigenvalue weighted by molar-refractivity contribution is 6.37. The SMILES string of the molecule is Cc1cccc(Oc2cccc(Oc3ccc(C4CCCC4)c(N4C(=O)c5cc6c(cc5C4=O)C(=O)C(c4nc5cc(C(=O)O)ccc5c(=O)[nH]4)C6=O)c3)c2)c1. The Bertz CT molecular complexity index is 2730. The minimum Gasteiger partial charge on any atom is -0.478 e. The van der Waals surface area contributed by atoms with E-state index in [-0.39, 0.29) is 50.5 Å². The topological polar surface area (TPSA) is 173 Å². The Morgan fingerprint density at radius 2 is 1.32 bits per heavy atom. The second kappa shape index (κ2) is 13.3. The molecule has 2 heterocycles. The summed E-state index contributed by atoms with van der Waals surface area (Å²) >= 11 is 0. The van der Waals surface area contributed by atoms with Crippen molar-refractivity contribution >= 4 is 45.9 Å². The van der Waals surface area contributed by atoms with Gasteiger partial charge < -0.3 is 19.6 Å². The van der Waals surface area contributed by atoms with E-state index in [1.54, 1.807) is 24.3 Å². The number of imide groups is 1. The number of hydrogen-bond donors (Lipinski definition) is 2. The first-order valence-electron chi connectivity index (χ1n) is 18.1. The first-order chi connectivity index (χ1) is 27.0. The van der Waals surface area contributed by atoms with Crippen LogP contribution in [0.4, 0.5) is 5.69 Å². The third-order valence-electron chi connectivity index (χ3n) is 10.6. The number of rotatable bonds is 8. The molecule has 12 nitrogen and oxygen atoms in total. The lowest BCUT2D eigenvalue weighted by Gasteiger charge is -2.22. The lowest BCUT2D eigenvalue weighted by Crippen LogP contribution is -2.30. The normalized spacial score (nSPS) is 15.5. The van der Waals surface area contributed by atoms with E-state index in [9.17, 15) is 33.9 Å². The van der Waals surface area contributed by atoms with E-state index in [2.05, 4.69) is 9.97 Å². The molecule has 1 aromatic heterocycles. The summed E-state index contributed by atoms with van der Waals surface area (Å²) in [7, 11) is 0. The van der Waals surface area contributed by atoms with Crippen LogP contribution in [0, 0.1) is 6.92 Å². The first kappa shape index (κ1) is 34.6. The molecule has 0 saturated heterocycles. The molecule has 56 heavy (non-hydrogen) atoms. The Labute approximate surface area is 318 Å². The predicted octanol–water partition coefficient (Wildman–Crippen LogP) is 8.14. The summed E-state index contributed by atoms with van der Waals surface area (Å²) in [5.41, 5.74) is 1.22. The van der Waals surface area contributed by atoms with E-state index >= 15 is 0 Å². The molecule has 0 atom stereocenters. The highest BCUT2D eigenvalue weighted by Gasteiger charge is 2.46. The molecule has 276 valence electrons. The molecule has 5 aromatic carbocycles. The molecular weight excluding hydrogens is 714 g/mol. The number of ketones is 2. The molecule has 1 aliphatic heterocycles. The molecule has 0 bridgehead atoms. The number of ether oxygens (including phenoxy) is 2. The van der Waals surface area contributed by atoms with Gasteiger partial charge in [-0.05, 0) is 97.5 Å². The zero-order chi connectivity index (χ0) is 38.8. The third-order valence-corrected chi connectivity index (χ3v) is 10.6. The van der Waals surface area contributed by atoms with Crippen molar-refractivity contribution in [3.63, 3.8) is 0 Å². The Kier molecular flexibility index (Phi) is 8.19. The molecule has 0 unspecified atom stereocenters. The second-order valence-electron chi connectivity index (χ2n) is 14.2. The number of aryl methyl sites for hydroxylation is 1. The fourth-order valence-electron chi connectivity index (χ4n) is 7.93. The minimum absolute atomic E-state index is 0.00345. The number of hydrogen-bond acceptors (Lipinski definition) is 9. The molecular formula is C44H31N3O9. The van der Waals surface area contributed by atoms with Gasteiger partial charge in [-0.15, -0.1) is 0 Å². The fraction of sp³-hybridized carbons (Fsp3) is 0.159. The maximum Gasteiger partial charge on any atom is 0.335 e. The number of benzene rings is 5. The zero-order valence-corrected chi connectivity index (χ0v) is 29.8. The number of aromatic nitrogens is 2. The summed E-state index contributed by atoms with van der Waals surface area (Å²) in [5.74, 6) is -3.58. The van der Waals surface area contributed by atoms with Crippen LogP contribution in [-0.4, -0.2) is 44.4 Å². The molecule has 0 spiro atoms. The van der Waals surface area contributed by atoms with E-state index < -0.39 is 40.8 Å². The maximum atomic E-state index is 14.2. The lowest BCUT2D eigenvalue weighted by molar-refractivity contribution is 0.0695. The summed E-state index contributed by atoms with van der Waals surface area (Å²) in [5, 5.41) is 9.50. The van der Waals surface area contributed by atoms with Gasteiger partial charge in [0.25, 0.3) is 17.4 Å². The number of aromatic amines is 1. The Morgan fingerprint density at radius 1 is 0.714 bits per heavy atom. The van der Waals surface area contributed by atoms with Crippen LogP contribution in [-0.2, 0) is 0 Å². The molecule has 6 aromatic rings. The van der Waals surface area contributed by atoms with Crippen LogP contribution in [0.2, 0.25) is 0 Å². The molecule has 2 aliphatic carbocycles. The van der Waals surface area contributed by atoms with Gasteiger partial charge in [-0.1, -0.05) is 37.1 Å². The van der Waals surface area contributed by atoms with Gasteiger partial charge in [0.15, 0.2) is 11.6 Å². The van der Waals surface area contributed by atoms with Crippen molar-refractivity contribution in [2.75, 3.05) is 4.90 Å². The Morgan fingerprint density at radius 3 is 1.95 bits per heavy atom. The largest absolute Gasteiger partial charge is 0.478 e. The second-order valence-corrected chi connectivity index (χ2v) is 14.2. The first-order valence-corrected chi connectivity index (χ1v) is 18.1. The standard InChI is InChI=1S/C44H31N3O9/c1-22-6-4-9-25(16-22)55-26-10-5-11-27(18-26)56-28-13-15-29(23-7-2-3-8-23)36(19-28)47-42(51)33-20-31-32(21-34(33)43(47)52)39(49)37(38(31)48)40-45-35-17-24(44(53)54)12-14-30(35)41(50)46-40/h4-6,9-21,23,37H,2-3,7-8H2,1H3,(H,53,54)(H,45,46,50). The number of nitrogens with zero attached hydrogens (tertiary/aromatic N) is 2. The van der Waals surface area contributed by atoms with Gasteiger partial charge in [0.2, 0.25) is 0 Å². The number of anilines is 1. The van der Waals surface area contributed by atoms with E-state index in [0.717, 1.165) is 41.7 Å². The van der Waals surface area contributed by atoms with Crippen LogP contribution >= 0.6 is 0 Å². The van der Waals surface area contributed by atoms with Crippen LogP contribution < -0.4 is 19.9 Å². The average Bonchev–Trinajstić information content (AvgIpc) is 3.86. The van der Waals surface area contributed by atoms with Crippen LogP contribution in [0.25, 0.3) is 10.9 Å². The monoisotopic (exact) mass is 745 g/mol. The number of H-pyrrole nitrogens is 1. The van der Waals surface area contributed by atoms with Gasteiger partial charge >= 0.3 is 5.97 Å². The van der Waals surface area contributed by atoms with E-state index in [4.69, 9.17) is 9.47 Å². The van der Waals surface area contributed by atoms with Gasteiger partial charge in [-0.3, -0.25) is 24.0 Å². The molecule has 3 aliphatic rings. The third kappa shape index (κ3) is 5.82. The van der Waals surface area contributed by atoms with E-state index in [1.165, 1.54) is 30.3 Å². The average molecular weight is 746 g/mol. The number of aromatic carboxylic acids is 1. The minimum atomic E-state index is -1.55. The Balaban J connectivity index is 1.04. The molecule has 2 amide bonds. The predicted molar refractivity (Wildman–Crippen MR) is 204 cm³/mol. The number of fused-ring (bicyclic) bond motifs is 3. The summed E-state index contributed by atoms with van der Waals surface area (Å²) in [6, 6.07) is 26.4. The summed E-state index contributed by atoms with van der Waals surface area (Å²) in [6.45, 7) is 1.98. The fourth-order valence-corrected chi connectivity index (χ4v) is 7.93. The van der Waals surface area contributed by atoms with E-state index in [1.807, 2.05) is 49.4 Å². The van der Waals surface area contributed by atoms with Crippen molar-refractivity contribution in [1.29, 1.82) is 0 Å². The number of amides is 2. The smallest absolute Gasteiger partial charge is 0.335 e. The van der Waals surface area contributed by atoms with E-state index in [0.29, 0.717) is 28.7 Å². The molecule has 0 radical (unpaired) electrons.